The molecule has 2 aromatic carbocycles. The van der Waals surface area contributed by atoms with Crippen LogP contribution in [0, 0.1) is 0 Å². The molecule has 0 spiro atoms. The molecule has 0 aliphatic heterocycles. The SMILES string of the molecule is CCN(CC)S(=O)(=O)c1cccc(-c2nnc(SCC(=O)Nc3ncccn3)n2-c2ccccc2)c1. The van der Waals surface area contributed by atoms with Crippen molar-refractivity contribution in [1.82, 2.24) is 29.0 Å². The van der Waals surface area contributed by atoms with Crippen LogP contribution >= 0.6 is 11.8 Å². The first kappa shape index (κ1) is 25.5. The van der Waals surface area contributed by atoms with E-state index in [0.29, 0.717) is 29.6 Å². The summed E-state index contributed by atoms with van der Waals surface area (Å²) < 4.78 is 29.4. The number of para-hydroxylation sites is 1. The molecular weight excluding hydrogens is 498 g/mol. The molecule has 4 rings (SSSR count). The van der Waals surface area contributed by atoms with Crippen molar-refractivity contribution < 1.29 is 13.2 Å². The van der Waals surface area contributed by atoms with E-state index in [4.69, 9.17) is 0 Å². The lowest BCUT2D eigenvalue weighted by atomic mass is 10.2. The Morgan fingerprint density at radius 1 is 0.972 bits per heavy atom. The maximum atomic E-state index is 13.1. The van der Waals surface area contributed by atoms with Gasteiger partial charge in [-0.25, -0.2) is 18.4 Å². The van der Waals surface area contributed by atoms with E-state index >= 15 is 0 Å². The van der Waals surface area contributed by atoms with Crippen LogP contribution < -0.4 is 5.32 Å². The summed E-state index contributed by atoms with van der Waals surface area (Å²) >= 11 is 1.20. The minimum Gasteiger partial charge on any atom is -0.294 e. The van der Waals surface area contributed by atoms with Gasteiger partial charge in [0.05, 0.1) is 10.6 Å². The first-order valence-corrected chi connectivity index (χ1v) is 13.7. The van der Waals surface area contributed by atoms with Crippen molar-refractivity contribution in [3.63, 3.8) is 0 Å². The molecule has 0 saturated heterocycles. The fourth-order valence-corrected chi connectivity index (χ4v) is 5.78. The second kappa shape index (κ2) is 11.4. The first-order chi connectivity index (χ1) is 17.4. The number of hydrogen-bond donors (Lipinski definition) is 1. The number of anilines is 1. The number of nitrogens with zero attached hydrogens (tertiary/aromatic N) is 6. The highest BCUT2D eigenvalue weighted by atomic mass is 32.2. The predicted octanol–water partition coefficient (Wildman–Crippen LogP) is 3.49. The van der Waals surface area contributed by atoms with E-state index in [1.54, 1.807) is 61.1 Å². The number of carbonyl (C=O) groups is 1. The number of aromatic nitrogens is 5. The summed E-state index contributed by atoms with van der Waals surface area (Å²) in [6.45, 7) is 4.36. The minimum atomic E-state index is -3.65. The number of carbonyl (C=O) groups excluding carboxylic acids is 1. The average Bonchev–Trinajstić information content (AvgIpc) is 3.33. The van der Waals surface area contributed by atoms with Crippen LogP contribution in [0.1, 0.15) is 13.8 Å². The number of hydrogen-bond acceptors (Lipinski definition) is 8. The van der Waals surface area contributed by atoms with Crippen LogP contribution in [0.5, 0.6) is 0 Å². The maximum absolute atomic E-state index is 13.1. The van der Waals surface area contributed by atoms with Crippen molar-refractivity contribution in [2.24, 2.45) is 0 Å². The zero-order valence-corrected chi connectivity index (χ0v) is 21.4. The molecule has 1 N–H and O–H groups in total. The number of benzene rings is 2. The zero-order chi connectivity index (χ0) is 25.5. The third-order valence-corrected chi connectivity index (χ3v) is 8.21. The van der Waals surface area contributed by atoms with Gasteiger partial charge >= 0.3 is 0 Å². The Labute approximate surface area is 213 Å². The third kappa shape index (κ3) is 5.61. The highest BCUT2D eigenvalue weighted by Gasteiger charge is 2.24. The van der Waals surface area contributed by atoms with E-state index in [2.05, 4.69) is 25.5 Å². The second-order valence-corrected chi connectivity index (χ2v) is 10.4. The Morgan fingerprint density at radius 3 is 2.39 bits per heavy atom. The van der Waals surface area contributed by atoms with E-state index in [1.807, 2.05) is 30.3 Å². The van der Waals surface area contributed by atoms with Gasteiger partial charge in [0.15, 0.2) is 11.0 Å². The van der Waals surface area contributed by atoms with Gasteiger partial charge in [-0.15, -0.1) is 10.2 Å². The van der Waals surface area contributed by atoms with Crippen LogP contribution in [0.4, 0.5) is 5.95 Å². The molecule has 0 aliphatic carbocycles. The molecule has 0 radical (unpaired) electrons. The molecule has 0 aliphatic rings. The maximum Gasteiger partial charge on any atom is 0.243 e. The van der Waals surface area contributed by atoms with E-state index in [1.165, 1.54) is 16.1 Å². The third-order valence-electron chi connectivity index (χ3n) is 5.23. The Kier molecular flexibility index (Phi) is 8.08. The Bertz CT molecular complexity index is 1420. The molecule has 0 atom stereocenters. The Balaban J connectivity index is 1.67. The first-order valence-electron chi connectivity index (χ1n) is 11.2. The van der Waals surface area contributed by atoms with E-state index < -0.39 is 10.0 Å². The van der Waals surface area contributed by atoms with Crippen LogP contribution in [0.15, 0.2) is 83.1 Å². The van der Waals surface area contributed by atoms with Crippen LogP contribution in [-0.4, -0.2) is 62.2 Å². The largest absolute Gasteiger partial charge is 0.294 e. The lowest BCUT2D eigenvalue weighted by Gasteiger charge is -2.19. The standard InChI is InChI=1S/C24H25N7O3S2/c1-3-30(4-2)36(33,34)20-13-8-10-18(16-20)22-28-29-24(31(22)19-11-6-5-7-12-19)35-17-21(32)27-23-25-14-9-15-26-23/h5-16H,3-4,17H2,1-2H3,(H,25,26,27,32). The van der Waals surface area contributed by atoms with Crippen molar-refractivity contribution >= 4 is 33.6 Å². The summed E-state index contributed by atoms with van der Waals surface area (Å²) in [4.78, 5) is 20.6. The molecule has 12 heteroatoms. The summed E-state index contributed by atoms with van der Waals surface area (Å²) in [7, 11) is -3.65. The average molecular weight is 524 g/mol. The Morgan fingerprint density at radius 2 is 1.69 bits per heavy atom. The van der Waals surface area contributed by atoms with Crippen molar-refractivity contribution in [3.05, 3.63) is 73.1 Å². The molecular formula is C24H25N7O3S2. The van der Waals surface area contributed by atoms with Crippen molar-refractivity contribution in [2.45, 2.75) is 23.9 Å². The molecule has 4 aromatic rings. The zero-order valence-electron chi connectivity index (χ0n) is 19.8. The molecule has 0 bridgehead atoms. The van der Waals surface area contributed by atoms with E-state index in [0.717, 1.165) is 5.69 Å². The number of sulfonamides is 1. The van der Waals surface area contributed by atoms with Gasteiger partial charge in [-0.05, 0) is 30.3 Å². The Hall–Kier alpha value is -3.61. The van der Waals surface area contributed by atoms with E-state index in [9.17, 15) is 13.2 Å². The topological polar surface area (TPSA) is 123 Å². The van der Waals surface area contributed by atoms with Gasteiger partial charge in [0.1, 0.15) is 0 Å². The van der Waals surface area contributed by atoms with Gasteiger partial charge < -0.3 is 0 Å². The van der Waals surface area contributed by atoms with E-state index in [-0.39, 0.29) is 22.5 Å². The minimum absolute atomic E-state index is 0.0552. The molecule has 2 aromatic heterocycles. The normalized spacial score (nSPS) is 11.5. The van der Waals surface area contributed by atoms with Gasteiger partial charge in [-0.3, -0.25) is 14.7 Å². The fraction of sp³-hybridized carbons (Fsp3) is 0.208. The smallest absolute Gasteiger partial charge is 0.243 e. The van der Waals surface area contributed by atoms with Gasteiger partial charge in [0.25, 0.3) is 0 Å². The quantitative estimate of drug-likeness (QED) is 0.314. The van der Waals surface area contributed by atoms with Crippen molar-refractivity contribution in [3.8, 4) is 17.1 Å². The lowest BCUT2D eigenvalue weighted by Crippen LogP contribution is -2.30. The molecule has 0 fully saturated rings. The number of amides is 1. The fourth-order valence-electron chi connectivity index (χ4n) is 3.52. The molecule has 36 heavy (non-hydrogen) atoms. The van der Waals surface area contributed by atoms with Gasteiger partial charge in [0.2, 0.25) is 21.9 Å². The number of nitrogens with one attached hydrogen (secondary N) is 1. The predicted molar refractivity (Wildman–Crippen MR) is 138 cm³/mol. The molecule has 10 nitrogen and oxygen atoms in total. The summed E-state index contributed by atoms with van der Waals surface area (Å²) in [5.74, 6) is 0.453. The molecule has 0 saturated carbocycles. The molecule has 1 amide bonds. The number of thioether (sulfide) groups is 1. The van der Waals surface area contributed by atoms with Crippen molar-refractivity contribution in [1.29, 1.82) is 0 Å². The summed E-state index contributed by atoms with van der Waals surface area (Å²) in [5, 5.41) is 11.8. The molecule has 186 valence electrons. The molecule has 2 heterocycles. The van der Waals surface area contributed by atoms with Crippen molar-refractivity contribution in [2.75, 3.05) is 24.2 Å². The van der Waals surface area contributed by atoms with Crippen LogP contribution in [0.2, 0.25) is 0 Å². The molecule has 0 unspecified atom stereocenters. The summed E-state index contributed by atoms with van der Waals surface area (Å²) in [6, 6.07) is 17.8. The summed E-state index contributed by atoms with van der Waals surface area (Å²) in [6.07, 6.45) is 3.09. The van der Waals surface area contributed by atoms with Gasteiger partial charge in [0, 0.05) is 36.7 Å². The monoisotopic (exact) mass is 523 g/mol. The highest BCUT2D eigenvalue weighted by molar-refractivity contribution is 7.99. The number of rotatable bonds is 10. The highest BCUT2D eigenvalue weighted by Crippen LogP contribution is 2.29. The van der Waals surface area contributed by atoms with Crippen LogP contribution in [-0.2, 0) is 14.8 Å². The van der Waals surface area contributed by atoms with Crippen LogP contribution in [0.3, 0.4) is 0 Å². The van der Waals surface area contributed by atoms with Gasteiger partial charge in [-0.1, -0.05) is 55.9 Å². The lowest BCUT2D eigenvalue weighted by molar-refractivity contribution is -0.113. The second-order valence-electron chi connectivity index (χ2n) is 7.50. The summed E-state index contributed by atoms with van der Waals surface area (Å²) in [5.41, 5.74) is 1.37. The van der Waals surface area contributed by atoms with Gasteiger partial charge in [-0.2, -0.15) is 4.31 Å². The van der Waals surface area contributed by atoms with Crippen LogP contribution in [0.25, 0.3) is 17.1 Å².